The van der Waals surface area contributed by atoms with Gasteiger partial charge in [-0.1, -0.05) is 30.7 Å². The Kier molecular flexibility index (Phi) is 6.11. The maximum Gasteiger partial charge on any atom is 0.276 e. The first-order valence-electron chi connectivity index (χ1n) is 10.2. The summed E-state index contributed by atoms with van der Waals surface area (Å²) in [7, 11) is 0. The lowest BCUT2D eigenvalue weighted by Gasteiger charge is -2.30. The van der Waals surface area contributed by atoms with Gasteiger partial charge < -0.3 is 4.90 Å². The molecule has 1 fully saturated rings. The lowest BCUT2D eigenvalue weighted by molar-refractivity contribution is -0.132. The number of thiazole rings is 1. The molecule has 158 valence electrons. The largest absolute Gasteiger partial charge is 0.343 e. The number of carbonyl (C=O) groups excluding carboxylic acids is 1. The molecule has 1 N–H and O–H groups in total. The zero-order chi connectivity index (χ0) is 21.3. The lowest BCUT2D eigenvalue weighted by atomic mass is 9.99. The molecular weight excluding hydrogens is 420 g/mol. The fourth-order valence-electron chi connectivity index (χ4n) is 3.78. The van der Waals surface area contributed by atoms with E-state index < -0.39 is 0 Å². The number of carbonyl (C=O) groups is 1. The Morgan fingerprint density at radius 2 is 1.97 bits per heavy atom. The second-order valence-electron chi connectivity index (χ2n) is 7.94. The average molecular weight is 445 g/mol. The fraction of sp³-hybridized carbons (Fsp3) is 0.409. The van der Waals surface area contributed by atoms with E-state index in [-0.39, 0.29) is 11.5 Å². The first-order valence-corrected chi connectivity index (χ1v) is 11.5. The van der Waals surface area contributed by atoms with Gasteiger partial charge in [-0.05, 0) is 44.2 Å². The summed E-state index contributed by atoms with van der Waals surface area (Å²) < 4.78 is 1.47. The number of amides is 1. The molecule has 0 saturated carbocycles. The molecule has 1 amide bonds. The van der Waals surface area contributed by atoms with Crippen LogP contribution in [0.15, 0.2) is 34.4 Å². The Morgan fingerprint density at radius 1 is 1.27 bits per heavy atom. The van der Waals surface area contributed by atoms with Crippen LogP contribution in [0.2, 0.25) is 5.02 Å². The molecule has 0 aliphatic carbocycles. The number of benzene rings is 1. The van der Waals surface area contributed by atoms with Gasteiger partial charge in [-0.15, -0.1) is 11.3 Å². The summed E-state index contributed by atoms with van der Waals surface area (Å²) >= 11 is 7.35. The van der Waals surface area contributed by atoms with Gasteiger partial charge in [0.05, 0.1) is 5.69 Å². The van der Waals surface area contributed by atoms with Gasteiger partial charge in [0.2, 0.25) is 11.0 Å². The van der Waals surface area contributed by atoms with Crippen LogP contribution in [0.25, 0.3) is 16.4 Å². The smallest absolute Gasteiger partial charge is 0.276 e. The maximum absolute atomic E-state index is 13.0. The number of nitrogens with zero attached hydrogens (tertiary/aromatic N) is 3. The molecule has 3 heterocycles. The Labute approximate surface area is 184 Å². The fourth-order valence-corrected chi connectivity index (χ4v) is 4.70. The molecule has 0 spiro atoms. The zero-order valence-corrected chi connectivity index (χ0v) is 18.7. The number of piperidine rings is 1. The van der Waals surface area contributed by atoms with Crippen LogP contribution in [-0.4, -0.2) is 38.7 Å². The van der Waals surface area contributed by atoms with Crippen LogP contribution in [0.5, 0.6) is 0 Å². The third-order valence-electron chi connectivity index (χ3n) is 5.74. The molecule has 1 saturated heterocycles. The number of nitrogens with one attached hydrogen (secondary N) is 1. The van der Waals surface area contributed by atoms with Crippen molar-refractivity contribution in [3.63, 3.8) is 0 Å². The van der Waals surface area contributed by atoms with E-state index in [1.54, 1.807) is 0 Å². The Morgan fingerprint density at radius 3 is 2.67 bits per heavy atom. The number of likely N-dealkylation sites (tertiary alicyclic amines) is 1. The molecule has 6 nitrogen and oxygen atoms in total. The van der Waals surface area contributed by atoms with E-state index in [1.807, 2.05) is 41.5 Å². The number of H-pyrrole nitrogens is 1. The number of hydrogen-bond donors (Lipinski definition) is 1. The average Bonchev–Trinajstić information content (AvgIpc) is 3.32. The van der Waals surface area contributed by atoms with Gasteiger partial charge in [-0.3, -0.25) is 14.7 Å². The van der Waals surface area contributed by atoms with Gasteiger partial charge in [0.1, 0.15) is 0 Å². The van der Waals surface area contributed by atoms with Crippen LogP contribution in [0, 0.1) is 12.8 Å². The number of aryl methyl sites for hydroxylation is 1. The van der Waals surface area contributed by atoms with E-state index in [0.29, 0.717) is 34.5 Å². The van der Waals surface area contributed by atoms with Crippen LogP contribution >= 0.6 is 22.9 Å². The van der Waals surface area contributed by atoms with Crippen molar-refractivity contribution >= 4 is 28.8 Å². The van der Waals surface area contributed by atoms with Gasteiger partial charge >= 0.3 is 0 Å². The third kappa shape index (κ3) is 4.37. The molecule has 2 aromatic heterocycles. The summed E-state index contributed by atoms with van der Waals surface area (Å²) in [5, 5.41) is 6.29. The second kappa shape index (κ2) is 8.78. The summed E-state index contributed by atoms with van der Waals surface area (Å²) in [6.45, 7) is 5.74. The number of halogens is 1. The highest BCUT2D eigenvalue weighted by molar-refractivity contribution is 7.12. The maximum atomic E-state index is 13.0. The minimum atomic E-state index is -0.135. The Bertz CT molecular complexity index is 1090. The van der Waals surface area contributed by atoms with Gasteiger partial charge in [-0.2, -0.15) is 4.68 Å². The Balaban J connectivity index is 1.48. The molecule has 1 aliphatic rings. The first-order chi connectivity index (χ1) is 14.4. The highest BCUT2D eigenvalue weighted by Crippen LogP contribution is 2.25. The van der Waals surface area contributed by atoms with Gasteiger partial charge in [-0.25, -0.2) is 4.98 Å². The van der Waals surface area contributed by atoms with Gasteiger partial charge in [0.15, 0.2) is 0 Å². The van der Waals surface area contributed by atoms with Crippen molar-refractivity contribution in [2.45, 2.75) is 39.5 Å². The topological polar surface area (TPSA) is 71.0 Å². The minimum absolute atomic E-state index is 0.132. The first kappa shape index (κ1) is 20.9. The molecule has 0 bridgehead atoms. The number of aromatic amines is 1. The van der Waals surface area contributed by atoms with Crippen molar-refractivity contribution in [2.24, 2.45) is 5.92 Å². The van der Waals surface area contributed by atoms with E-state index in [2.05, 4.69) is 17.0 Å². The number of rotatable bonds is 5. The van der Waals surface area contributed by atoms with Crippen molar-refractivity contribution in [2.75, 3.05) is 13.1 Å². The van der Waals surface area contributed by atoms with E-state index >= 15 is 0 Å². The molecule has 1 aromatic carbocycles. The Hall–Kier alpha value is -2.38. The highest BCUT2D eigenvalue weighted by atomic mass is 35.5. The van der Waals surface area contributed by atoms with Crippen molar-refractivity contribution in [1.82, 2.24) is 19.7 Å². The molecule has 8 heteroatoms. The van der Waals surface area contributed by atoms with Gasteiger partial charge in [0, 0.05) is 46.7 Å². The highest BCUT2D eigenvalue weighted by Gasteiger charge is 2.22. The number of hydrogen-bond acceptors (Lipinski definition) is 4. The normalized spacial score (nSPS) is 15.0. The molecule has 4 rings (SSSR count). The predicted octanol–water partition coefficient (Wildman–Crippen LogP) is 4.44. The van der Waals surface area contributed by atoms with Crippen molar-refractivity contribution in [3.8, 4) is 16.4 Å². The predicted molar refractivity (Wildman–Crippen MR) is 121 cm³/mol. The summed E-state index contributed by atoms with van der Waals surface area (Å²) in [5.41, 5.74) is 3.03. The van der Waals surface area contributed by atoms with Crippen LogP contribution in [0.1, 0.15) is 37.4 Å². The van der Waals surface area contributed by atoms with Gasteiger partial charge in [0.25, 0.3) is 5.56 Å². The third-order valence-corrected chi connectivity index (χ3v) is 6.82. The standard InChI is InChI=1S/C22H25ClN4O2S/c1-14-9-11-26(12-10-14)20(28)8-7-18-15(2)25-27(21(18)29)22-24-19(13-30-22)16-3-5-17(23)6-4-16/h3-6,13-14,25H,7-12H2,1-2H3. The molecular formula is C22H25ClN4O2S. The van der Waals surface area contributed by atoms with Crippen LogP contribution in [0.3, 0.4) is 0 Å². The molecule has 3 aromatic rings. The number of aromatic nitrogens is 3. The van der Waals surface area contributed by atoms with Crippen molar-refractivity contribution in [3.05, 3.63) is 56.3 Å². The van der Waals surface area contributed by atoms with E-state index in [1.165, 1.54) is 16.0 Å². The molecule has 30 heavy (non-hydrogen) atoms. The second-order valence-corrected chi connectivity index (χ2v) is 9.21. The SMILES string of the molecule is Cc1[nH]n(-c2nc(-c3ccc(Cl)cc3)cs2)c(=O)c1CCC(=O)N1CCC(C)CC1. The van der Waals surface area contributed by atoms with Crippen LogP contribution in [-0.2, 0) is 11.2 Å². The molecule has 0 unspecified atom stereocenters. The molecule has 1 aliphatic heterocycles. The van der Waals surface area contributed by atoms with E-state index in [4.69, 9.17) is 11.6 Å². The quantitative estimate of drug-likeness (QED) is 0.632. The summed E-state index contributed by atoms with van der Waals surface area (Å²) in [5.74, 6) is 0.817. The summed E-state index contributed by atoms with van der Waals surface area (Å²) in [6, 6.07) is 7.45. The van der Waals surface area contributed by atoms with Crippen LogP contribution in [0.4, 0.5) is 0 Å². The minimum Gasteiger partial charge on any atom is -0.343 e. The van der Waals surface area contributed by atoms with Crippen molar-refractivity contribution < 1.29 is 4.79 Å². The summed E-state index contributed by atoms with van der Waals surface area (Å²) in [6.07, 6.45) is 2.91. The summed E-state index contributed by atoms with van der Waals surface area (Å²) in [4.78, 5) is 32.1. The van der Waals surface area contributed by atoms with Crippen molar-refractivity contribution in [1.29, 1.82) is 0 Å². The zero-order valence-electron chi connectivity index (χ0n) is 17.2. The molecule has 0 atom stereocenters. The monoisotopic (exact) mass is 444 g/mol. The van der Waals surface area contributed by atoms with E-state index in [9.17, 15) is 9.59 Å². The van der Waals surface area contributed by atoms with Crippen LogP contribution < -0.4 is 5.56 Å². The van der Waals surface area contributed by atoms with E-state index in [0.717, 1.165) is 42.9 Å². The molecule has 0 radical (unpaired) electrons. The lowest BCUT2D eigenvalue weighted by Crippen LogP contribution is -2.38.